The SMILES string of the molecule is Cc1ccc2occ(CN(Cc3ccccc3)C(=O)CN(CC3CCCO3)C(=O)Nc3ccc(C(F)(F)F)cc3)c(=O)c2c1. The van der Waals surface area contributed by atoms with Crippen molar-refractivity contribution in [2.45, 2.75) is 45.1 Å². The number of halogens is 3. The molecule has 3 amide bonds. The van der Waals surface area contributed by atoms with Gasteiger partial charge in [0.2, 0.25) is 5.91 Å². The average Bonchev–Trinajstić information content (AvgIpc) is 3.51. The maximum atomic E-state index is 13.9. The number of fused-ring (bicyclic) bond motifs is 1. The molecule has 1 aliphatic heterocycles. The van der Waals surface area contributed by atoms with Gasteiger partial charge >= 0.3 is 12.2 Å². The molecule has 1 fully saturated rings. The molecule has 0 saturated carbocycles. The monoisotopic (exact) mass is 607 g/mol. The van der Waals surface area contributed by atoms with E-state index in [0.717, 1.165) is 41.8 Å². The number of hydrogen-bond donors (Lipinski definition) is 1. The molecule has 0 radical (unpaired) electrons. The molecule has 0 bridgehead atoms. The van der Waals surface area contributed by atoms with Gasteiger partial charge in [-0.1, -0.05) is 42.0 Å². The molecule has 4 aromatic rings. The standard InChI is InChI=1S/C33H32F3N3O5/c1-22-9-14-29-28(16-22)31(41)24(21-44-29)18-38(17-23-6-3-2-4-7-23)30(40)20-39(19-27-8-5-15-43-27)32(42)37-26-12-10-25(11-13-26)33(34,35)36/h2-4,6-7,9-14,16,21,27H,5,8,15,17-20H2,1H3,(H,37,42). The van der Waals surface area contributed by atoms with E-state index < -0.39 is 23.7 Å². The zero-order valence-corrected chi connectivity index (χ0v) is 24.1. The number of aryl methyl sites for hydroxylation is 1. The first-order valence-electron chi connectivity index (χ1n) is 14.2. The van der Waals surface area contributed by atoms with Gasteiger partial charge in [0.15, 0.2) is 5.43 Å². The number of nitrogens with one attached hydrogen (secondary N) is 1. The number of ether oxygens (including phenoxy) is 1. The number of urea groups is 1. The van der Waals surface area contributed by atoms with Crippen LogP contribution in [0.3, 0.4) is 0 Å². The fourth-order valence-electron chi connectivity index (χ4n) is 5.10. The number of anilines is 1. The van der Waals surface area contributed by atoms with Gasteiger partial charge in [-0.3, -0.25) is 9.59 Å². The van der Waals surface area contributed by atoms with Gasteiger partial charge in [-0.2, -0.15) is 13.2 Å². The number of nitrogens with zero attached hydrogens (tertiary/aromatic N) is 2. The first-order chi connectivity index (χ1) is 21.1. The van der Waals surface area contributed by atoms with Crippen LogP contribution in [0.2, 0.25) is 0 Å². The van der Waals surface area contributed by atoms with Crippen molar-refractivity contribution in [1.82, 2.24) is 9.80 Å². The number of rotatable bonds is 9. The summed E-state index contributed by atoms with van der Waals surface area (Å²) >= 11 is 0. The second-order valence-electron chi connectivity index (χ2n) is 10.8. The minimum atomic E-state index is -4.51. The van der Waals surface area contributed by atoms with E-state index in [4.69, 9.17) is 9.15 Å². The number of amides is 3. The molecule has 1 aromatic heterocycles. The van der Waals surface area contributed by atoms with E-state index in [9.17, 15) is 27.6 Å². The Morgan fingerprint density at radius 2 is 1.73 bits per heavy atom. The predicted octanol–water partition coefficient (Wildman–Crippen LogP) is 6.36. The van der Waals surface area contributed by atoms with Crippen LogP contribution in [0.4, 0.5) is 23.7 Å². The lowest BCUT2D eigenvalue weighted by Gasteiger charge is -2.29. The van der Waals surface area contributed by atoms with E-state index in [1.807, 2.05) is 43.3 Å². The van der Waals surface area contributed by atoms with Crippen molar-refractivity contribution >= 4 is 28.6 Å². The number of alkyl halides is 3. The third-order valence-electron chi connectivity index (χ3n) is 7.45. The quantitative estimate of drug-likeness (QED) is 0.239. The largest absolute Gasteiger partial charge is 0.464 e. The lowest BCUT2D eigenvalue weighted by molar-refractivity contribution is -0.137. The van der Waals surface area contributed by atoms with Gasteiger partial charge in [-0.05, 0) is 61.7 Å². The fraction of sp³-hybridized carbons (Fsp3) is 0.303. The Morgan fingerprint density at radius 3 is 2.41 bits per heavy atom. The maximum absolute atomic E-state index is 13.9. The van der Waals surface area contributed by atoms with Crippen LogP contribution < -0.4 is 10.7 Å². The van der Waals surface area contributed by atoms with Crippen molar-refractivity contribution in [3.8, 4) is 0 Å². The Hall–Kier alpha value is -4.64. The molecule has 1 N–H and O–H groups in total. The summed E-state index contributed by atoms with van der Waals surface area (Å²) in [5, 5.41) is 3.01. The smallest absolute Gasteiger partial charge is 0.416 e. The molecule has 11 heteroatoms. The highest BCUT2D eigenvalue weighted by Crippen LogP contribution is 2.30. The van der Waals surface area contributed by atoms with Gasteiger partial charge in [-0.25, -0.2) is 4.79 Å². The number of carbonyl (C=O) groups is 2. The third-order valence-corrected chi connectivity index (χ3v) is 7.45. The molecule has 1 atom stereocenters. The number of benzene rings is 3. The molecule has 230 valence electrons. The van der Waals surface area contributed by atoms with E-state index in [1.165, 1.54) is 16.1 Å². The van der Waals surface area contributed by atoms with E-state index in [2.05, 4.69) is 5.32 Å². The first-order valence-corrected chi connectivity index (χ1v) is 14.2. The number of carbonyl (C=O) groups excluding carboxylic acids is 2. The van der Waals surface area contributed by atoms with E-state index in [-0.39, 0.29) is 49.0 Å². The third kappa shape index (κ3) is 7.65. The molecule has 0 aliphatic carbocycles. The lowest BCUT2D eigenvalue weighted by Crippen LogP contribution is -2.47. The molecule has 8 nitrogen and oxygen atoms in total. The summed E-state index contributed by atoms with van der Waals surface area (Å²) in [6.07, 6.45) is -1.94. The Bertz CT molecular complexity index is 1670. The molecular weight excluding hydrogens is 575 g/mol. The lowest BCUT2D eigenvalue weighted by atomic mass is 10.1. The normalized spacial score (nSPS) is 14.9. The molecule has 3 aromatic carbocycles. The molecule has 0 spiro atoms. The van der Waals surface area contributed by atoms with Crippen molar-refractivity contribution in [2.75, 3.05) is 25.0 Å². The summed E-state index contributed by atoms with van der Waals surface area (Å²) < 4.78 is 50.5. The van der Waals surface area contributed by atoms with Crippen LogP contribution in [0, 0.1) is 6.92 Å². The first kappa shape index (κ1) is 30.8. The highest BCUT2D eigenvalue weighted by molar-refractivity contribution is 5.92. The number of hydrogen-bond acceptors (Lipinski definition) is 5. The zero-order chi connectivity index (χ0) is 31.3. The van der Waals surface area contributed by atoms with Gasteiger partial charge < -0.3 is 24.3 Å². The Labute approximate surface area is 252 Å². The van der Waals surface area contributed by atoms with Crippen LogP contribution in [0.15, 0.2) is 88.3 Å². The van der Waals surface area contributed by atoms with Crippen molar-refractivity contribution < 1.29 is 31.9 Å². The topological polar surface area (TPSA) is 92.1 Å². The summed E-state index contributed by atoms with van der Waals surface area (Å²) in [6, 6.07) is 18.0. The van der Waals surface area contributed by atoms with Crippen molar-refractivity contribution in [3.63, 3.8) is 0 Å². The molecule has 44 heavy (non-hydrogen) atoms. The van der Waals surface area contributed by atoms with Gasteiger partial charge in [0.05, 0.1) is 35.4 Å². The maximum Gasteiger partial charge on any atom is 0.416 e. The summed E-state index contributed by atoms with van der Waals surface area (Å²) in [6.45, 7) is 2.26. The summed E-state index contributed by atoms with van der Waals surface area (Å²) in [7, 11) is 0. The van der Waals surface area contributed by atoms with Crippen LogP contribution in [0.25, 0.3) is 11.0 Å². The van der Waals surface area contributed by atoms with Crippen LogP contribution in [0.1, 0.15) is 35.1 Å². The summed E-state index contributed by atoms with van der Waals surface area (Å²) in [5.74, 6) is -0.432. The van der Waals surface area contributed by atoms with Gasteiger partial charge in [0.25, 0.3) is 0 Å². The summed E-state index contributed by atoms with van der Waals surface area (Å²) in [4.78, 5) is 43.4. The van der Waals surface area contributed by atoms with Crippen LogP contribution in [0.5, 0.6) is 0 Å². The Kier molecular flexibility index (Phi) is 9.34. The van der Waals surface area contributed by atoms with E-state index >= 15 is 0 Å². The molecule has 2 heterocycles. The highest BCUT2D eigenvalue weighted by Gasteiger charge is 2.31. The second-order valence-corrected chi connectivity index (χ2v) is 10.8. The van der Waals surface area contributed by atoms with Crippen LogP contribution in [-0.4, -0.2) is 47.5 Å². The molecule has 1 saturated heterocycles. The van der Waals surface area contributed by atoms with Crippen molar-refractivity contribution in [2.24, 2.45) is 0 Å². The average molecular weight is 608 g/mol. The minimum Gasteiger partial charge on any atom is -0.464 e. The Balaban J connectivity index is 1.39. The fourth-order valence-corrected chi connectivity index (χ4v) is 5.10. The zero-order valence-electron chi connectivity index (χ0n) is 24.1. The van der Waals surface area contributed by atoms with Gasteiger partial charge in [0, 0.05) is 25.4 Å². The molecule has 5 rings (SSSR count). The van der Waals surface area contributed by atoms with Gasteiger partial charge in [0.1, 0.15) is 12.1 Å². The van der Waals surface area contributed by atoms with Crippen LogP contribution in [-0.2, 0) is 28.8 Å². The Morgan fingerprint density at radius 1 is 0.977 bits per heavy atom. The summed E-state index contributed by atoms with van der Waals surface area (Å²) in [5.41, 5.74) is 1.49. The molecule has 1 unspecified atom stereocenters. The van der Waals surface area contributed by atoms with Crippen molar-refractivity contribution in [3.05, 3.63) is 112 Å². The van der Waals surface area contributed by atoms with E-state index in [1.54, 1.807) is 12.1 Å². The van der Waals surface area contributed by atoms with Gasteiger partial charge in [-0.15, -0.1) is 0 Å². The molecule has 1 aliphatic rings. The van der Waals surface area contributed by atoms with Crippen molar-refractivity contribution in [1.29, 1.82) is 0 Å². The molecular formula is C33H32F3N3O5. The predicted molar refractivity (Wildman–Crippen MR) is 159 cm³/mol. The van der Waals surface area contributed by atoms with E-state index in [0.29, 0.717) is 24.0 Å². The minimum absolute atomic E-state index is 0.0613. The second kappa shape index (κ2) is 13.3. The highest BCUT2D eigenvalue weighted by atomic mass is 19.4. The van der Waals surface area contributed by atoms with Crippen LogP contribution >= 0.6 is 0 Å².